The first-order valence-electron chi connectivity index (χ1n) is 7.09. The number of benzene rings is 1. The van der Waals surface area contributed by atoms with Gasteiger partial charge in [-0.1, -0.05) is 6.07 Å². The van der Waals surface area contributed by atoms with Crippen molar-refractivity contribution in [3.8, 4) is 0 Å². The maximum atomic E-state index is 12.9. The lowest BCUT2D eigenvalue weighted by molar-refractivity contribution is 0.0571. The topological polar surface area (TPSA) is 46.6 Å². The fourth-order valence-electron chi connectivity index (χ4n) is 2.70. The monoisotopic (exact) mass is 331 g/mol. The molecule has 1 atom stereocenters. The predicted molar refractivity (Wildman–Crippen MR) is 84.3 cm³/mol. The number of sulfonamides is 1. The van der Waals surface area contributed by atoms with E-state index in [0.717, 1.165) is 29.5 Å². The Morgan fingerprint density at radius 2 is 2.10 bits per heavy atom. The molecule has 118 valence electrons. The van der Waals surface area contributed by atoms with Gasteiger partial charge in [0.25, 0.3) is 0 Å². The lowest BCUT2D eigenvalue weighted by atomic mass is 10.1. The van der Waals surface area contributed by atoms with Crippen LogP contribution in [0.25, 0.3) is 0 Å². The maximum absolute atomic E-state index is 12.9. The largest absolute Gasteiger partial charge is 0.380 e. The van der Waals surface area contributed by atoms with Crippen molar-refractivity contribution in [2.75, 3.05) is 20.2 Å². The summed E-state index contributed by atoms with van der Waals surface area (Å²) in [5, 5.41) is 0. The van der Waals surface area contributed by atoms with Crippen molar-refractivity contribution in [2.45, 2.75) is 43.6 Å². The minimum atomic E-state index is -3.50. The van der Waals surface area contributed by atoms with E-state index < -0.39 is 10.0 Å². The molecule has 1 aliphatic rings. The second-order valence-corrected chi connectivity index (χ2v) is 7.71. The first-order valence-corrected chi connectivity index (χ1v) is 9.06. The van der Waals surface area contributed by atoms with Gasteiger partial charge in [-0.05, 0) is 49.4 Å². The molecule has 21 heavy (non-hydrogen) atoms. The van der Waals surface area contributed by atoms with Crippen LogP contribution in [0.1, 0.15) is 29.5 Å². The van der Waals surface area contributed by atoms with Crippen LogP contribution in [0.15, 0.2) is 17.0 Å². The Morgan fingerprint density at radius 3 is 2.71 bits per heavy atom. The number of hydrogen-bond donors (Lipinski definition) is 0. The van der Waals surface area contributed by atoms with E-state index in [1.165, 1.54) is 4.31 Å². The highest BCUT2D eigenvalue weighted by Gasteiger charge is 2.31. The van der Waals surface area contributed by atoms with Gasteiger partial charge < -0.3 is 4.74 Å². The summed E-state index contributed by atoms with van der Waals surface area (Å²) in [6, 6.07) is 3.64. The summed E-state index contributed by atoms with van der Waals surface area (Å²) in [6.07, 6.45) is 1.71. The van der Waals surface area contributed by atoms with Crippen LogP contribution in [0.5, 0.6) is 0 Å². The van der Waals surface area contributed by atoms with Gasteiger partial charge in [-0.2, -0.15) is 4.31 Å². The third-order valence-electron chi connectivity index (χ3n) is 4.13. The van der Waals surface area contributed by atoms with E-state index in [9.17, 15) is 8.42 Å². The highest BCUT2D eigenvalue weighted by molar-refractivity contribution is 7.89. The second-order valence-electron chi connectivity index (χ2n) is 5.53. The fourth-order valence-corrected chi connectivity index (χ4v) is 4.71. The minimum Gasteiger partial charge on any atom is -0.380 e. The van der Waals surface area contributed by atoms with Crippen LogP contribution >= 0.6 is 11.6 Å². The van der Waals surface area contributed by atoms with Crippen molar-refractivity contribution < 1.29 is 13.2 Å². The summed E-state index contributed by atoms with van der Waals surface area (Å²) in [4.78, 5) is 0.370. The first-order chi connectivity index (χ1) is 9.90. The van der Waals surface area contributed by atoms with E-state index in [1.54, 1.807) is 13.2 Å². The molecule has 1 aliphatic heterocycles. The molecule has 1 fully saturated rings. The molecular formula is C15H22ClNO3S. The van der Waals surface area contributed by atoms with Crippen molar-refractivity contribution in [1.82, 2.24) is 4.31 Å². The van der Waals surface area contributed by atoms with E-state index in [4.69, 9.17) is 16.3 Å². The van der Waals surface area contributed by atoms with Gasteiger partial charge in [0.05, 0.1) is 11.0 Å². The molecule has 0 spiro atoms. The zero-order valence-corrected chi connectivity index (χ0v) is 14.3. The van der Waals surface area contributed by atoms with Crippen molar-refractivity contribution in [3.05, 3.63) is 28.8 Å². The summed E-state index contributed by atoms with van der Waals surface area (Å²) >= 11 is 5.88. The Kier molecular flexibility index (Phi) is 5.30. The first kappa shape index (κ1) is 16.7. The van der Waals surface area contributed by atoms with Crippen molar-refractivity contribution in [1.29, 1.82) is 0 Å². The van der Waals surface area contributed by atoms with Crippen LogP contribution in [-0.4, -0.2) is 39.0 Å². The molecule has 1 unspecified atom stereocenters. The molecule has 1 heterocycles. The maximum Gasteiger partial charge on any atom is 0.243 e. The van der Waals surface area contributed by atoms with Crippen molar-refractivity contribution >= 4 is 21.6 Å². The molecule has 0 bridgehead atoms. The number of nitrogens with zero attached hydrogens (tertiary/aromatic N) is 1. The summed E-state index contributed by atoms with van der Waals surface area (Å²) in [7, 11) is -1.87. The Balaban J connectivity index is 2.41. The number of rotatable bonds is 4. The van der Waals surface area contributed by atoms with Gasteiger partial charge in [0.1, 0.15) is 0 Å². The van der Waals surface area contributed by atoms with E-state index in [-0.39, 0.29) is 6.10 Å². The molecule has 1 aromatic rings. The average molecular weight is 332 g/mol. The van der Waals surface area contributed by atoms with Gasteiger partial charge in [-0.15, -0.1) is 11.6 Å². The van der Waals surface area contributed by atoms with Gasteiger partial charge in [-0.25, -0.2) is 8.42 Å². The zero-order valence-electron chi connectivity index (χ0n) is 12.7. The number of aryl methyl sites for hydroxylation is 1. The molecular weight excluding hydrogens is 310 g/mol. The number of halogens is 1. The van der Waals surface area contributed by atoms with Gasteiger partial charge in [0, 0.05) is 26.1 Å². The number of ether oxygens (including phenoxy) is 1. The molecule has 2 rings (SSSR count). The number of alkyl halides is 1. The standard InChI is InChI=1S/C15H22ClNO3S/c1-11-7-13(9-16)8-15(12(11)2)21(18,19)17-6-4-5-14(10-17)20-3/h7-8,14H,4-6,9-10H2,1-3H3. The van der Waals surface area contributed by atoms with Crippen molar-refractivity contribution in [3.63, 3.8) is 0 Å². The minimum absolute atomic E-state index is 0.0221. The third-order valence-corrected chi connectivity index (χ3v) is 6.43. The molecule has 0 N–H and O–H groups in total. The van der Waals surface area contributed by atoms with Crippen LogP contribution < -0.4 is 0 Å². The fraction of sp³-hybridized carbons (Fsp3) is 0.600. The second kappa shape index (κ2) is 6.65. The van der Waals surface area contributed by atoms with Gasteiger partial charge >= 0.3 is 0 Å². The van der Waals surface area contributed by atoms with Gasteiger partial charge in [-0.3, -0.25) is 0 Å². The molecule has 0 aromatic heterocycles. The van der Waals surface area contributed by atoms with Gasteiger partial charge in [0.2, 0.25) is 10.0 Å². The van der Waals surface area contributed by atoms with E-state index >= 15 is 0 Å². The van der Waals surface area contributed by atoms with Gasteiger partial charge in [0.15, 0.2) is 0 Å². The quantitative estimate of drug-likeness (QED) is 0.797. The summed E-state index contributed by atoms with van der Waals surface area (Å²) in [6.45, 7) is 4.73. The molecule has 0 radical (unpaired) electrons. The highest BCUT2D eigenvalue weighted by Crippen LogP contribution is 2.27. The molecule has 1 saturated heterocycles. The lowest BCUT2D eigenvalue weighted by Crippen LogP contribution is -2.43. The zero-order chi connectivity index (χ0) is 15.6. The molecule has 1 aromatic carbocycles. The summed E-state index contributed by atoms with van der Waals surface area (Å²) in [5.74, 6) is 0.310. The van der Waals surface area contributed by atoms with Crippen LogP contribution in [0.3, 0.4) is 0 Å². The normalized spacial score (nSPS) is 20.7. The Bertz CT molecular complexity index is 616. The molecule has 4 nitrogen and oxygen atoms in total. The Labute approximate surface area is 132 Å². The smallest absolute Gasteiger partial charge is 0.243 e. The van der Waals surface area contributed by atoms with Crippen LogP contribution in [-0.2, 0) is 20.6 Å². The number of piperidine rings is 1. The van der Waals surface area contributed by atoms with Crippen molar-refractivity contribution in [2.24, 2.45) is 0 Å². The summed E-state index contributed by atoms with van der Waals surface area (Å²) in [5.41, 5.74) is 2.58. The lowest BCUT2D eigenvalue weighted by Gasteiger charge is -2.31. The summed E-state index contributed by atoms with van der Waals surface area (Å²) < 4.78 is 32.7. The number of methoxy groups -OCH3 is 1. The molecule has 0 aliphatic carbocycles. The average Bonchev–Trinajstić information content (AvgIpc) is 2.49. The van der Waals surface area contributed by atoms with E-state index in [2.05, 4.69) is 0 Å². The number of hydrogen-bond acceptors (Lipinski definition) is 3. The van der Waals surface area contributed by atoms with Crippen LogP contribution in [0.2, 0.25) is 0 Å². The Hall–Kier alpha value is -0.620. The van der Waals surface area contributed by atoms with E-state index in [0.29, 0.717) is 23.9 Å². The predicted octanol–water partition coefficient (Wildman–Crippen LogP) is 2.84. The molecule has 6 heteroatoms. The molecule has 0 amide bonds. The van der Waals surface area contributed by atoms with E-state index in [1.807, 2.05) is 19.9 Å². The highest BCUT2D eigenvalue weighted by atomic mass is 35.5. The van der Waals surface area contributed by atoms with Crippen LogP contribution in [0.4, 0.5) is 0 Å². The molecule has 0 saturated carbocycles. The SMILES string of the molecule is COC1CCCN(S(=O)(=O)c2cc(CCl)cc(C)c2C)C1. The Morgan fingerprint density at radius 1 is 1.38 bits per heavy atom. The van der Waals surface area contributed by atoms with Crippen LogP contribution in [0, 0.1) is 13.8 Å². The third kappa shape index (κ3) is 3.42.